The Hall–Kier alpha value is -4.02. The smallest absolute Gasteiger partial charge is 0.261 e. The summed E-state index contributed by atoms with van der Waals surface area (Å²) in [6.45, 7) is 1.57. The van der Waals surface area contributed by atoms with Gasteiger partial charge in [0.15, 0.2) is 23.3 Å². The van der Waals surface area contributed by atoms with Gasteiger partial charge in [0.1, 0.15) is 22.3 Å². The highest BCUT2D eigenvalue weighted by Gasteiger charge is 2.30. The van der Waals surface area contributed by atoms with Gasteiger partial charge in [-0.05, 0) is 48.9 Å². The molecule has 4 rings (SSSR count). The largest absolute Gasteiger partial charge is 0.497 e. The average molecular weight is 448 g/mol. The number of hydrogen-bond donors (Lipinski definition) is 1. The fraction of sp³-hybridized carbons (Fsp3) is 0.0952. The highest BCUT2D eigenvalue weighted by atomic mass is 19.2. The van der Waals surface area contributed by atoms with Crippen molar-refractivity contribution in [1.82, 2.24) is 15.0 Å². The van der Waals surface area contributed by atoms with Crippen molar-refractivity contribution in [2.45, 2.75) is 6.92 Å². The molecule has 0 radical (unpaired) electrons. The van der Waals surface area contributed by atoms with Gasteiger partial charge in [0, 0.05) is 5.69 Å². The van der Waals surface area contributed by atoms with Crippen LogP contribution in [0.1, 0.15) is 15.9 Å². The molecule has 164 valence electrons. The Morgan fingerprint density at radius 3 is 1.97 bits per heavy atom. The van der Waals surface area contributed by atoms with Crippen molar-refractivity contribution < 1.29 is 31.5 Å². The quantitative estimate of drug-likeness (QED) is 0.280. The second-order valence-electron chi connectivity index (χ2n) is 6.74. The molecule has 0 aliphatic rings. The zero-order valence-electron chi connectivity index (χ0n) is 16.5. The van der Waals surface area contributed by atoms with Gasteiger partial charge in [-0.1, -0.05) is 0 Å². The molecule has 1 aromatic heterocycles. The summed E-state index contributed by atoms with van der Waals surface area (Å²) in [6, 6.07) is 9.79. The molecular formula is C21H13F5N4O2. The minimum Gasteiger partial charge on any atom is -0.497 e. The molecule has 0 atom stereocenters. The number of ether oxygens (including phenoxy) is 1. The molecule has 3 aromatic carbocycles. The van der Waals surface area contributed by atoms with Gasteiger partial charge < -0.3 is 10.1 Å². The van der Waals surface area contributed by atoms with Gasteiger partial charge in [-0.15, -0.1) is 10.2 Å². The second-order valence-corrected chi connectivity index (χ2v) is 6.74. The number of aryl methyl sites for hydroxylation is 1. The Morgan fingerprint density at radius 2 is 1.41 bits per heavy atom. The van der Waals surface area contributed by atoms with Gasteiger partial charge in [0.25, 0.3) is 5.91 Å². The number of carbonyl (C=O) groups excluding carboxylic acids is 1. The van der Waals surface area contributed by atoms with Gasteiger partial charge >= 0.3 is 0 Å². The standard InChI is InChI=1S/C21H13F5N4O2/c1-9-7-13-14(29-30(28-13)10-3-5-11(32-2)6-4-10)8-12(9)27-21(31)15-16(22)18(24)20(26)19(25)17(15)23/h3-8H,1-2H3,(H,27,31). The van der Waals surface area contributed by atoms with E-state index in [0.29, 0.717) is 28.0 Å². The van der Waals surface area contributed by atoms with E-state index in [1.54, 1.807) is 37.3 Å². The Kier molecular flexibility index (Phi) is 5.25. The van der Waals surface area contributed by atoms with E-state index in [4.69, 9.17) is 4.74 Å². The van der Waals surface area contributed by atoms with E-state index in [1.165, 1.54) is 18.0 Å². The number of halogens is 5. The first-order chi connectivity index (χ1) is 15.2. The van der Waals surface area contributed by atoms with E-state index in [9.17, 15) is 26.7 Å². The lowest BCUT2D eigenvalue weighted by molar-refractivity contribution is 0.101. The van der Waals surface area contributed by atoms with E-state index in [2.05, 4.69) is 15.5 Å². The Balaban J connectivity index is 1.70. The lowest BCUT2D eigenvalue weighted by atomic mass is 10.1. The van der Waals surface area contributed by atoms with Crippen molar-refractivity contribution in [3.05, 3.63) is 76.6 Å². The topological polar surface area (TPSA) is 69.0 Å². The lowest BCUT2D eigenvalue weighted by Gasteiger charge is -2.11. The van der Waals surface area contributed by atoms with Gasteiger partial charge in [0.2, 0.25) is 5.82 Å². The number of amides is 1. The van der Waals surface area contributed by atoms with Gasteiger partial charge in [-0.2, -0.15) is 4.80 Å². The zero-order chi connectivity index (χ0) is 23.2. The first-order valence-corrected chi connectivity index (χ1v) is 9.06. The van der Waals surface area contributed by atoms with E-state index in [1.807, 2.05) is 0 Å². The molecule has 1 amide bonds. The van der Waals surface area contributed by atoms with Crippen molar-refractivity contribution in [3.63, 3.8) is 0 Å². The summed E-state index contributed by atoms with van der Waals surface area (Å²) in [5.41, 5.74) is 0.297. The number of anilines is 1. The monoisotopic (exact) mass is 448 g/mol. The SMILES string of the molecule is COc1ccc(-n2nc3cc(C)c(NC(=O)c4c(F)c(F)c(F)c(F)c4F)cc3n2)cc1. The number of hydrogen-bond acceptors (Lipinski definition) is 4. The Labute approximate surface area is 177 Å². The molecule has 6 nitrogen and oxygen atoms in total. The third-order valence-electron chi connectivity index (χ3n) is 4.71. The Morgan fingerprint density at radius 1 is 0.875 bits per heavy atom. The minimum absolute atomic E-state index is 0.0632. The van der Waals surface area contributed by atoms with Crippen molar-refractivity contribution in [3.8, 4) is 11.4 Å². The van der Waals surface area contributed by atoms with Crippen molar-refractivity contribution in [1.29, 1.82) is 0 Å². The minimum atomic E-state index is -2.34. The van der Waals surface area contributed by atoms with Crippen LogP contribution in [0.4, 0.5) is 27.6 Å². The number of fused-ring (bicyclic) bond motifs is 1. The molecular weight excluding hydrogens is 435 g/mol. The highest BCUT2D eigenvalue weighted by Crippen LogP contribution is 2.26. The van der Waals surface area contributed by atoms with Crippen LogP contribution in [0, 0.1) is 36.0 Å². The molecule has 0 bridgehead atoms. The zero-order valence-corrected chi connectivity index (χ0v) is 16.5. The Bertz CT molecular complexity index is 1340. The third kappa shape index (κ3) is 3.51. The highest BCUT2D eigenvalue weighted by molar-refractivity contribution is 6.05. The van der Waals surface area contributed by atoms with Crippen LogP contribution in [-0.4, -0.2) is 28.0 Å². The van der Waals surface area contributed by atoms with Crippen molar-refractivity contribution in [2.24, 2.45) is 0 Å². The summed E-state index contributed by atoms with van der Waals surface area (Å²) in [6.07, 6.45) is 0. The molecule has 11 heteroatoms. The summed E-state index contributed by atoms with van der Waals surface area (Å²) in [7, 11) is 1.53. The first kappa shape index (κ1) is 21.2. The predicted octanol–water partition coefficient (Wildman–Crippen LogP) is 4.69. The van der Waals surface area contributed by atoms with Gasteiger partial charge in [0.05, 0.1) is 12.8 Å². The summed E-state index contributed by atoms with van der Waals surface area (Å²) >= 11 is 0. The number of rotatable bonds is 4. The molecule has 1 heterocycles. The third-order valence-corrected chi connectivity index (χ3v) is 4.71. The van der Waals surface area contributed by atoms with E-state index < -0.39 is 40.6 Å². The maximum Gasteiger partial charge on any atom is 0.261 e. The molecule has 0 spiro atoms. The normalized spacial score (nSPS) is 11.1. The van der Waals surface area contributed by atoms with Crippen LogP contribution in [0.5, 0.6) is 5.75 Å². The van der Waals surface area contributed by atoms with Crippen LogP contribution >= 0.6 is 0 Å². The molecule has 0 aliphatic carbocycles. The maximum atomic E-state index is 13.9. The molecule has 4 aromatic rings. The molecule has 1 N–H and O–H groups in total. The van der Waals surface area contributed by atoms with Crippen LogP contribution in [0.3, 0.4) is 0 Å². The van der Waals surface area contributed by atoms with Crippen LogP contribution in [0.25, 0.3) is 16.7 Å². The second kappa shape index (κ2) is 7.91. The summed E-state index contributed by atoms with van der Waals surface area (Å²) in [5.74, 6) is -12.1. The average Bonchev–Trinajstić information content (AvgIpc) is 3.19. The lowest BCUT2D eigenvalue weighted by Crippen LogP contribution is -2.19. The van der Waals surface area contributed by atoms with E-state index >= 15 is 0 Å². The summed E-state index contributed by atoms with van der Waals surface area (Å²) in [4.78, 5) is 13.7. The molecule has 0 aliphatic heterocycles. The number of methoxy groups -OCH3 is 1. The summed E-state index contributed by atoms with van der Waals surface area (Å²) < 4.78 is 73.1. The van der Waals surface area contributed by atoms with Gasteiger partial charge in [-0.25, -0.2) is 22.0 Å². The number of aromatic nitrogens is 3. The fourth-order valence-corrected chi connectivity index (χ4v) is 3.02. The number of benzene rings is 3. The molecule has 0 saturated heterocycles. The molecule has 0 fully saturated rings. The maximum absolute atomic E-state index is 13.9. The van der Waals surface area contributed by atoms with Crippen LogP contribution in [-0.2, 0) is 0 Å². The number of nitrogens with one attached hydrogen (secondary N) is 1. The van der Waals surface area contributed by atoms with Crippen LogP contribution in [0.2, 0.25) is 0 Å². The number of nitrogens with zero attached hydrogens (tertiary/aromatic N) is 3. The molecule has 32 heavy (non-hydrogen) atoms. The van der Waals surface area contributed by atoms with Crippen LogP contribution in [0.15, 0.2) is 36.4 Å². The van der Waals surface area contributed by atoms with E-state index in [0.717, 1.165) is 0 Å². The molecule has 0 unspecified atom stereocenters. The van der Waals surface area contributed by atoms with Crippen molar-refractivity contribution in [2.75, 3.05) is 12.4 Å². The van der Waals surface area contributed by atoms with Crippen LogP contribution < -0.4 is 10.1 Å². The molecule has 0 saturated carbocycles. The summed E-state index contributed by atoms with van der Waals surface area (Å²) in [5, 5.41) is 10.8. The first-order valence-electron chi connectivity index (χ1n) is 9.06. The van der Waals surface area contributed by atoms with E-state index in [-0.39, 0.29) is 5.69 Å². The fourth-order valence-electron chi connectivity index (χ4n) is 3.02. The number of carbonyl (C=O) groups is 1. The van der Waals surface area contributed by atoms with Gasteiger partial charge in [-0.3, -0.25) is 4.79 Å². The van der Waals surface area contributed by atoms with Crippen molar-refractivity contribution >= 4 is 22.6 Å². The predicted molar refractivity (Wildman–Crippen MR) is 104 cm³/mol.